The normalized spacial score (nSPS) is 29.4. The molecule has 0 amide bonds. The second kappa shape index (κ2) is 6.06. The van der Waals surface area contributed by atoms with Gasteiger partial charge in [0.25, 0.3) is 0 Å². The van der Waals surface area contributed by atoms with Gasteiger partial charge in [0, 0.05) is 31.1 Å². The average molecular weight is 265 g/mol. The monoisotopic (exact) mass is 265 g/mol. The molecule has 0 spiro atoms. The van der Waals surface area contributed by atoms with Gasteiger partial charge in [-0.25, -0.2) is 0 Å². The molecule has 1 aliphatic rings. The molecule has 108 valence electrons. The molecule has 1 aliphatic heterocycles. The van der Waals surface area contributed by atoms with Crippen molar-refractivity contribution in [3.8, 4) is 0 Å². The van der Waals surface area contributed by atoms with E-state index in [4.69, 9.17) is 0 Å². The van der Waals surface area contributed by atoms with Crippen molar-refractivity contribution >= 4 is 0 Å². The zero-order chi connectivity index (χ0) is 13.9. The first-order valence-corrected chi connectivity index (χ1v) is 7.56. The maximum Gasteiger partial charge on any atom is 0.0755 e. The lowest BCUT2D eigenvalue weighted by Gasteiger charge is -2.39. The van der Waals surface area contributed by atoms with E-state index in [-0.39, 0.29) is 0 Å². The quantitative estimate of drug-likeness (QED) is 0.857. The molecule has 0 aliphatic carbocycles. The maximum atomic E-state index is 10.9. The molecule has 4 heteroatoms. The average Bonchev–Trinajstić information content (AvgIpc) is 2.86. The molecule has 2 heterocycles. The van der Waals surface area contributed by atoms with E-state index in [1.54, 1.807) is 0 Å². The Hall–Kier alpha value is -0.870. The molecule has 0 radical (unpaired) electrons. The fourth-order valence-electron chi connectivity index (χ4n) is 2.95. The van der Waals surface area contributed by atoms with Crippen LogP contribution in [-0.2, 0) is 6.42 Å². The summed E-state index contributed by atoms with van der Waals surface area (Å²) in [5.41, 5.74) is 0.428. The summed E-state index contributed by atoms with van der Waals surface area (Å²) in [5.74, 6) is 0.329. The highest BCUT2D eigenvalue weighted by Crippen LogP contribution is 2.30. The van der Waals surface area contributed by atoms with Gasteiger partial charge in [0.15, 0.2) is 0 Å². The molecule has 0 aromatic carbocycles. The van der Waals surface area contributed by atoms with E-state index < -0.39 is 5.60 Å². The molecule has 1 fully saturated rings. The standard InChI is InChI=1S/C15H27N3O/c1-4-12(3)18-9-6-14(17-18)10-15(19)7-8-16-11-13(15)5-2/h6,9,12-13,16,19H,4-5,7-8,10-11H2,1-3H3. The van der Waals surface area contributed by atoms with E-state index in [9.17, 15) is 5.11 Å². The number of hydrogen-bond acceptors (Lipinski definition) is 3. The van der Waals surface area contributed by atoms with Crippen LogP contribution in [0.3, 0.4) is 0 Å². The number of aliphatic hydroxyl groups is 1. The molecule has 19 heavy (non-hydrogen) atoms. The summed E-state index contributed by atoms with van der Waals surface area (Å²) in [6.07, 6.45) is 5.62. The van der Waals surface area contributed by atoms with Crippen LogP contribution in [0.15, 0.2) is 12.3 Å². The number of aromatic nitrogens is 2. The molecular weight excluding hydrogens is 238 g/mol. The van der Waals surface area contributed by atoms with Crippen LogP contribution < -0.4 is 5.32 Å². The Labute approximate surface area is 116 Å². The molecule has 1 aromatic heterocycles. The third kappa shape index (κ3) is 3.18. The SMILES string of the molecule is CCC(C)n1ccc(CC2(O)CCNCC2CC)n1. The highest BCUT2D eigenvalue weighted by Gasteiger charge is 2.38. The Morgan fingerprint density at radius 2 is 2.37 bits per heavy atom. The lowest BCUT2D eigenvalue weighted by atomic mass is 9.77. The van der Waals surface area contributed by atoms with Gasteiger partial charge >= 0.3 is 0 Å². The van der Waals surface area contributed by atoms with Crippen LogP contribution in [-0.4, -0.2) is 33.6 Å². The molecule has 3 atom stereocenters. The van der Waals surface area contributed by atoms with Crippen molar-refractivity contribution in [3.05, 3.63) is 18.0 Å². The Morgan fingerprint density at radius 1 is 1.58 bits per heavy atom. The van der Waals surface area contributed by atoms with Crippen LogP contribution in [0, 0.1) is 5.92 Å². The summed E-state index contributed by atoms with van der Waals surface area (Å²) in [6.45, 7) is 8.31. The van der Waals surface area contributed by atoms with Crippen LogP contribution in [0.2, 0.25) is 0 Å². The maximum absolute atomic E-state index is 10.9. The van der Waals surface area contributed by atoms with Crippen LogP contribution >= 0.6 is 0 Å². The van der Waals surface area contributed by atoms with E-state index in [0.717, 1.165) is 38.0 Å². The number of rotatable bonds is 5. The van der Waals surface area contributed by atoms with Gasteiger partial charge in [0.1, 0.15) is 0 Å². The van der Waals surface area contributed by atoms with Crippen molar-refractivity contribution in [3.63, 3.8) is 0 Å². The highest BCUT2D eigenvalue weighted by molar-refractivity contribution is 5.07. The number of nitrogens with one attached hydrogen (secondary N) is 1. The number of hydrogen-bond donors (Lipinski definition) is 2. The smallest absolute Gasteiger partial charge is 0.0755 e. The molecule has 0 saturated carbocycles. The van der Waals surface area contributed by atoms with Gasteiger partial charge in [-0.2, -0.15) is 5.10 Å². The van der Waals surface area contributed by atoms with Gasteiger partial charge in [0.05, 0.1) is 11.3 Å². The van der Waals surface area contributed by atoms with Gasteiger partial charge in [0.2, 0.25) is 0 Å². The minimum absolute atomic E-state index is 0.329. The fraction of sp³-hybridized carbons (Fsp3) is 0.800. The minimum Gasteiger partial charge on any atom is -0.389 e. The molecule has 2 N–H and O–H groups in total. The molecule has 0 bridgehead atoms. The van der Waals surface area contributed by atoms with Crippen LogP contribution in [0.4, 0.5) is 0 Å². The first kappa shape index (κ1) is 14.5. The molecule has 1 aromatic rings. The van der Waals surface area contributed by atoms with Crippen molar-refractivity contribution in [2.24, 2.45) is 5.92 Å². The Bertz CT molecular complexity index is 404. The van der Waals surface area contributed by atoms with Crippen molar-refractivity contribution in [1.82, 2.24) is 15.1 Å². The number of piperidine rings is 1. The first-order valence-electron chi connectivity index (χ1n) is 7.56. The summed E-state index contributed by atoms with van der Waals surface area (Å²) in [4.78, 5) is 0. The Balaban J connectivity index is 2.08. The van der Waals surface area contributed by atoms with Crippen molar-refractivity contribution < 1.29 is 5.11 Å². The second-order valence-electron chi connectivity index (χ2n) is 5.88. The summed E-state index contributed by atoms with van der Waals surface area (Å²) in [6, 6.07) is 2.48. The number of nitrogens with zero attached hydrogens (tertiary/aromatic N) is 2. The van der Waals surface area contributed by atoms with E-state index in [1.165, 1.54) is 0 Å². The second-order valence-corrected chi connectivity index (χ2v) is 5.88. The zero-order valence-corrected chi connectivity index (χ0v) is 12.4. The van der Waals surface area contributed by atoms with Crippen LogP contribution in [0.5, 0.6) is 0 Å². The third-order valence-electron chi connectivity index (χ3n) is 4.57. The van der Waals surface area contributed by atoms with Crippen molar-refractivity contribution in [2.45, 2.75) is 58.1 Å². The predicted octanol–water partition coefficient (Wildman–Crippen LogP) is 2.15. The van der Waals surface area contributed by atoms with Gasteiger partial charge < -0.3 is 10.4 Å². The van der Waals surface area contributed by atoms with E-state index in [2.05, 4.69) is 37.3 Å². The molecule has 2 rings (SSSR count). The lowest BCUT2D eigenvalue weighted by Crippen LogP contribution is -2.51. The Morgan fingerprint density at radius 3 is 3.05 bits per heavy atom. The summed E-state index contributed by atoms with van der Waals surface area (Å²) < 4.78 is 2.01. The summed E-state index contributed by atoms with van der Waals surface area (Å²) in [5, 5.41) is 18.9. The fourth-order valence-corrected chi connectivity index (χ4v) is 2.95. The molecule has 3 unspecified atom stereocenters. The van der Waals surface area contributed by atoms with Gasteiger partial charge in [-0.3, -0.25) is 4.68 Å². The molecule has 4 nitrogen and oxygen atoms in total. The predicted molar refractivity (Wildman–Crippen MR) is 77.2 cm³/mol. The van der Waals surface area contributed by atoms with E-state index >= 15 is 0 Å². The van der Waals surface area contributed by atoms with E-state index in [0.29, 0.717) is 18.4 Å². The molecular formula is C15H27N3O. The van der Waals surface area contributed by atoms with Crippen molar-refractivity contribution in [2.75, 3.05) is 13.1 Å². The minimum atomic E-state index is -0.589. The lowest BCUT2D eigenvalue weighted by molar-refractivity contribution is -0.0422. The largest absolute Gasteiger partial charge is 0.389 e. The van der Waals surface area contributed by atoms with Crippen molar-refractivity contribution in [1.29, 1.82) is 0 Å². The summed E-state index contributed by atoms with van der Waals surface area (Å²) in [7, 11) is 0. The Kier molecular flexibility index (Phi) is 4.63. The first-order chi connectivity index (χ1) is 9.09. The van der Waals surface area contributed by atoms with Gasteiger partial charge in [-0.05, 0) is 38.8 Å². The van der Waals surface area contributed by atoms with Gasteiger partial charge in [-0.1, -0.05) is 13.8 Å². The van der Waals surface area contributed by atoms with E-state index in [1.807, 2.05) is 10.9 Å². The van der Waals surface area contributed by atoms with Crippen LogP contribution in [0.1, 0.15) is 51.8 Å². The third-order valence-corrected chi connectivity index (χ3v) is 4.57. The summed E-state index contributed by atoms with van der Waals surface area (Å²) >= 11 is 0. The van der Waals surface area contributed by atoms with Crippen LogP contribution in [0.25, 0.3) is 0 Å². The molecule has 1 saturated heterocycles. The highest BCUT2D eigenvalue weighted by atomic mass is 16.3. The van der Waals surface area contributed by atoms with Gasteiger partial charge in [-0.15, -0.1) is 0 Å². The topological polar surface area (TPSA) is 50.1 Å². The zero-order valence-electron chi connectivity index (χ0n) is 12.4.